The van der Waals surface area contributed by atoms with Crippen LogP contribution in [0.1, 0.15) is 6.92 Å². The minimum atomic E-state index is -0.379. The fraction of sp³-hybridized carbons (Fsp3) is 0.0909. The lowest BCUT2D eigenvalue weighted by Crippen LogP contribution is -2.00. The minimum absolute atomic E-state index is 0.379. The maximum absolute atomic E-state index is 11.2. The van der Waals surface area contributed by atoms with Crippen molar-refractivity contribution in [2.45, 2.75) is 11.8 Å². The van der Waals surface area contributed by atoms with Crippen molar-refractivity contribution in [3.8, 4) is 0 Å². The Hall–Kier alpha value is -1.55. The molecule has 0 spiro atoms. The summed E-state index contributed by atoms with van der Waals surface area (Å²) in [7, 11) is 0. The Morgan fingerprint density at radius 2 is 2.07 bits per heavy atom. The average molecular weight is 219 g/mol. The SMILES string of the molecule is CC1=NOC(=O)/C1=C/Sc1ccccc1. The van der Waals surface area contributed by atoms with Gasteiger partial charge in [0.15, 0.2) is 0 Å². The lowest BCUT2D eigenvalue weighted by atomic mass is 10.2. The van der Waals surface area contributed by atoms with Crippen molar-refractivity contribution in [2.75, 3.05) is 0 Å². The molecule has 0 bridgehead atoms. The van der Waals surface area contributed by atoms with E-state index in [1.165, 1.54) is 11.8 Å². The van der Waals surface area contributed by atoms with Gasteiger partial charge in [0.2, 0.25) is 0 Å². The van der Waals surface area contributed by atoms with Crippen LogP contribution in [-0.2, 0) is 9.63 Å². The summed E-state index contributed by atoms with van der Waals surface area (Å²) in [4.78, 5) is 16.8. The zero-order valence-electron chi connectivity index (χ0n) is 8.14. The predicted molar refractivity (Wildman–Crippen MR) is 59.6 cm³/mol. The Labute approximate surface area is 91.8 Å². The average Bonchev–Trinajstić information content (AvgIpc) is 2.58. The Morgan fingerprint density at radius 1 is 1.33 bits per heavy atom. The van der Waals surface area contributed by atoms with Crippen LogP contribution < -0.4 is 0 Å². The Kier molecular flexibility index (Phi) is 2.87. The van der Waals surface area contributed by atoms with Gasteiger partial charge in [-0.05, 0) is 24.5 Å². The van der Waals surface area contributed by atoms with E-state index >= 15 is 0 Å². The van der Waals surface area contributed by atoms with E-state index < -0.39 is 0 Å². The molecule has 0 amide bonds. The highest BCUT2D eigenvalue weighted by Crippen LogP contribution is 2.22. The van der Waals surface area contributed by atoms with E-state index in [9.17, 15) is 4.79 Å². The molecule has 15 heavy (non-hydrogen) atoms. The zero-order chi connectivity index (χ0) is 10.7. The molecule has 0 unspecified atom stereocenters. The molecule has 4 heteroatoms. The van der Waals surface area contributed by atoms with Gasteiger partial charge in [-0.1, -0.05) is 35.1 Å². The monoisotopic (exact) mass is 219 g/mol. The van der Waals surface area contributed by atoms with Crippen molar-refractivity contribution in [3.05, 3.63) is 41.3 Å². The highest BCUT2D eigenvalue weighted by molar-refractivity contribution is 8.02. The fourth-order valence-corrected chi connectivity index (χ4v) is 1.95. The molecule has 0 saturated heterocycles. The lowest BCUT2D eigenvalue weighted by molar-refractivity contribution is -0.136. The van der Waals surface area contributed by atoms with E-state index in [4.69, 9.17) is 0 Å². The third-order valence-corrected chi connectivity index (χ3v) is 2.83. The third kappa shape index (κ3) is 2.27. The molecular weight excluding hydrogens is 210 g/mol. The molecule has 0 N–H and O–H groups in total. The van der Waals surface area contributed by atoms with Gasteiger partial charge < -0.3 is 4.84 Å². The quantitative estimate of drug-likeness (QED) is 0.436. The number of rotatable bonds is 2. The second kappa shape index (κ2) is 4.31. The molecule has 0 atom stereocenters. The van der Waals surface area contributed by atoms with E-state index in [-0.39, 0.29) is 5.97 Å². The second-order valence-electron chi connectivity index (χ2n) is 3.02. The molecule has 76 valence electrons. The Balaban J connectivity index is 2.12. The maximum atomic E-state index is 11.2. The topological polar surface area (TPSA) is 38.7 Å². The fourth-order valence-electron chi connectivity index (χ4n) is 1.12. The van der Waals surface area contributed by atoms with Crippen LogP contribution in [0.3, 0.4) is 0 Å². The molecule has 0 aromatic heterocycles. The van der Waals surface area contributed by atoms with Crippen LogP contribution in [0.15, 0.2) is 51.4 Å². The first-order chi connectivity index (χ1) is 7.27. The van der Waals surface area contributed by atoms with Crippen molar-refractivity contribution in [3.63, 3.8) is 0 Å². The number of carbonyl (C=O) groups is 1. The lowest BCUT2D eigenvalue weighted by Gasteiger charge is -1.95. The maximum Gasteiger partial charge on any atom is 0.368 e. The summed E-state index contributed by atoms with van der Waals surface area (Å²) in [5.41, 5.74) is 1.16. The van der Waals surface area contributed by atoms with Crippen LogP contribution in [0, 0.1) is 0 Å². The van der Waals surface area contributed by atoms with Gasteiger partial charge in [-0.3, -0.25) is 0 Å². The van der Waals surface area contributed by atoms with Gasteiger partial charge in [0, 0.05) is 4.90 Å². The summed E-state index contributed by atoms with van der Waals surface area (Å²) >= 11 is 1.48. The van der Waals surface area contributed by atoms with Crippen LogP contribution in [0.2, 0.25) is 0 Å². The molecule has 1 aromatic carbocycles. The first kappa shape index (κ1) is 9.98. The summed E-state index contributed by atoms with van der Waals surface area (Å²) in [5.74, 6) is -0.379. The number of hydrogen-bond acceptors (Lipinski definition) is 4. The summed E-state index contributed by atoms with van der Waals surface area (Å²) in [6.07, 6.45) is 0. The molecule has 0 aliphatic carbocycles. The van der Waals surface area contributed by atoms with Gasteiger partial charge in [0.05, 0.1) is 11.3 Å². The number of nitrogens with zero attached hydrogens (tertiary/aromatic N) is 1. The highest BCUT2D eigenvalue weighted by Gasteiger charge is 2.21. The predicted octanol–water partition coefficient (Wildman–Crippen LogP) is 2.60. The van der Waals surface area contributed by atoms with Crippen molar-refractivity contribution in [1.82, 2.24) is 0 Å². The first-order valence-electron chi connectivity index (χ1n) is 4.45. The van der Waals surface area contributed by atoms with Crippen molar-refractivity contribution >= 4 is 23.4 Å². The van der Waals surface area contributed by atoms with Gasteiger partial charge in [-0.15, -0.1) is 0 Å². The summed E-state index contributed by atoms with van der Waals surface area (Å²) in [5, 5.41) is 5.36. The Morgan fingerprint density at radius 3 is 2.67 bits per heavy atom. The van der Waals surface area contributed by atoms with Crippen LogP contribution in [0.5, 0.6) is 0 Å². The van der Waals surface area contributed by atoms with Crippen LogP contribution in [0.4, 0.5) is 0 Å². The molecule has 1 heterocycles. The van der Waals surface area contributed by atoms with Crippen molar-refractivity contribution < 1.29 is 9.63 Å². The standard InChI is InChI=1S/C11H9NO2S/c1-8-10(11(13)14-12-8)7-15-9-5-3-2-4-6-9/h2-7H,1H3/b10-7+. The van der Waals surface area contributed by atoms with E-state index in [1.807, 2.05) is 30.3 Å². The normalized spacial score (nSPS) is 17.8. The van der Waals surface area contributed by atoms with Gasteiger partial charge in [0.25, 0.3) is 0 Å². The van der Waals surface area contributed by atoms with Gasteiger partial charge in [0.1, 0.15) is 0 Å². The molecule has 2 rings (SSSR count). The summed E-state index contributed by atoms with van der Waals surface area (Å²) in [6, 6.07) is 9.82. The highest BCUT2D eigenvalue weighted by atomic mass is 32.2. The number of hydrogen-bond donors (Lipinski definition) is 0. The molecule has 0 radical (unpaired) electrons. The number of thioether (sulfide) groups is 1. The summed E-state index contributed by atoms with van der Waals surface area (Å²) in [6.45, 7) is 1.75. The molecule has 3 nitrogen and oxygen atoms in total. The molecule has 0 saturated carbocycles. The molecule has 1 aliphatic rings. The van der Waals surface area contributed by atoms with E-state index in [0.29, 0.717) is 11.3 Å². The zero-order valence-corrected chi connectivity index (χ0v) is 8.95. The minimum Gasteiger partial charge on any atom is -0.312 e. The molecule has 0 fully saturated rings. The van der Waals surface area contributed by atoms with Crippen LogP contribution in [0.25, 0.3) is 0 Å². The molecule has 1 aromatic rings. The molecule has 1 aliphatic heterocycles. The number of carbonyl (C=O) groups excluding carboxylic acids is 1. The largest absolute Gasteiger partial charge is 0.368 e. The number of benzene rings is 1. The van der Waals surface area contributed by atoms with E-state index in [0.717, 1.165) is 4.90 Å². The Bertz CT molecular complexity index is 437. The van der Waals surface area contributed by atoms with E-state index in [1.54, 1.807) is 12.3 Å². The van der Waals surface area contributed by atoms with Crippen molar-refractivity contribution in [2.24, 2.45) is 5.16 Å². The number of oxime groups is 1. The third-order valence-electron chi connectivity index (χ3n) is 1.93. The van der Waals surface area contributed by atoms with Gasteiger partial charge in [-0.25, -0.2) is 4.79 Å². The van der Waals surface area contributed by atoms with Crippen molar-refractivity contribution in [1.29, 1.82) is 0 Å². The smallest absolute Gasteiger partial charge is 0.312 e. The van der Waals surface area contributed by atoms with E-state index in [2.05, 4.69) is 9.99 Å². The van der Waals surface area contributed by atoms with Gasteiger partial charge in [-0.2, -0.15) is 0 Å². The second-order valence-corrected chi connectivity index (χ2v) is 3.96. The summed E-state index contributed by atoms with van der Waals surface area (Å²) < 4.78 is 0. The van der Waals surface area contributed by atoms with Gasteiger partial charge >= 0.3 is 5.97 Å². The van der Waals surface area contributed by atoms with Crippen LogP contribution >= 0.6 is 11.8 Å². The first-order valence-corrected chi connectivity index (χ1v) is 5.33. The molecular formula is C11H9NO2S. The van der Waals surface area contributed by atoms with Crippen LogP contribution in [-0.4, -0.2) is 11.7 Å².